The highest BCUT2D eigenvalue weighted by Crippen LogP contribution is 2.39. The third-order valence-corrected chi connectivity index (χ3v) is 6.25. The number of rotatable bonds is 6. The summed E-state index contributed by atoms with van der Waals surface area (Å²) < 4.78 is 33.3. The first kappa shape index (κ1) is 19.7. The van der Waals surface area contributed by atoms with E-state index in [1.807, 2.05) is 27.7 Å². The third kappa shape index (κ3) is 4.15. The first-order valence-electron chi connectivity index (χ1n) is 8.73. The molecule has 6 nitrogen and oxygen atoms in total. The quantitative estimate of drug-likeness (QED) is 0.774. The van der Waals surface area contributed by atoms with Crippen molar-refractivity contribution in [1.82, 2.24) is 4.31 Å². The van der Waals surface area contributed by atoms with E-state index in [1.54, 1.807) is 23.1 Å². The Bertz CT molecular complexity index is 743. The highest BCUT2D eigenvalue weighted by molar-refractivity contribution is 7.89. The number of hydrogen-bond acceptors (Lipinski definition) is 4. The van der Waals surface area contributed by atoms with Crippen LogP contribution in [-0.4, -0.2) is 43.9 Å². The highest BCUT2D eigenvalue weighted by Gasteiger charge is 2.35. The minimum Gasteiger partial charge on any atom is -0.484 e. The molecule has 0 spiro atoms. The van der Waals surface area contributed by atoms with Gasteiger partial charge in [-0.05, 0) is 38.5 Å². The van der Waals surface area contributed by atoms with Gasteiger partial charge >= 0.3 is 0 Å². The van der Waals surface area contributed by atoms with Crippen molar-refractivity contribution in [2.45, 2.75) is 58.0 Å². The molecule has 140 valence electrons. The van der Waals surface area contributed by atoms with Crippen LogP contribution in [0.3, 0.4) is 0 Å². The lowest BCUT2D eigenvalue weighted by Gasteiger charge is -2.39. The molecule has 1 aliphatic heterocycles. The maximum absolute atomic E-state index is 12.9. The lowest BCUT2D eigenvalue weighted by Crippen LogP contribution is -2.48. The summed E-state index contributed by atoms with van der Waals surface area (Å²) in [6.07, 6.45) is 1.74. The molecule has 7 heteroatoms. The summed E-state index contributed by atoms with van der Waals surface area (Å²) in [6.45, 7) is 10.4. The number of carbonyl (C=O) groups excluding carboxylic acids is 1. The van der Waals surface area contributed by atoms with E-state index >= 15 is 0 Å². The molecule has 25 heavy (non-hydrogen) atoms. The van der Waals surface area contributed by atoms with E-state index < -0.39 is 15.6 Å². The molecule has 0 fully saturated rings. The van der Waals surface area contributed by atoms with Crippen molar-refractivity contribution in [3.8, 4) is 5.75 Å². The molecule has 1 amide bonds. The van der Waals surface area contributed by atoms with Gasteiger partial charge in [0.1, 0.15) is 11.4 Å². The molecule has 0 aliphatic carbocycles. The van der Waals surface area contributed by atoms with E-state index in [2.05, 4.69) is 0 Å². The lowest BCUT2D eigenvalue weighted by atomic mass is 10.1. The molecule has 2 rings (SSSR count). The molecule has 0 bridgehead atoms. The third-order valence-electron chi connectivity index (χ3n) is 4.28. The van der Waals surface area contributed by atoms with Crippen LogP contribution >= 0.6 is 0 Å². The van der Waals surface area contributed by atoms with Crippen molar-refractivity contribution in [1.29, 1.82) is 0 Å². The average Bonchev–Trinajstić information content (AvgIpc) is 2.53. The number of amides is 1. The summed E-state index contributed by atoms with van der Waals surface area (Å²) >= 11 is 0. The number of fused-ring (bicyclic) bond motifs is 1. The predicted molar refractivity (Wildman–Crippen MR) is 98.5 cm³/mol. The molecule has 1 heterocycles. The van der Waals surface area contributed by atoms with E-state index in [-0.39, 0.29) is 10.8 Å². The Morgan fingerprint density at radius 2 is 2.00 bits per heavy atom. The van der Waals surface area contributed by atoms with Crippen LogP contribution in [0.5, 0.6) is 5.75 Å². The number of benzene rings is 1. The molecule has 0 saturated heterocycles. The molecule has 0 unspecified atom stereocenters. The van der Waals surface area contributed by atoms with Crippen LogP contribution in [-0.2, 0) is 14.8 Å². The second kappa shape index (κ2) is 7.33. The van der Waals surface area contributed by atoms with Gasteiger partial charge < -0.3 is 9.64 Å². The Hall–Kier alpha value is -1.60. The van der Waals surface area contributed by atoms with Crippen molar-refractivity contribution >= 4 is 21.6 Å². The average molecular weight is 368 g/mol. The summed E-state index contributed by atoms with van der Waals surface area (Å²) in [5.41, 5.74) is -0.00484. The largest absolute Gasteiger partial charge is 0.484 e. The maximum Gasteiger partial charge on any atom is 0.243 e. The van der Waals surface area contributed by atoms with Crippen molar-refractivity contribution in [2.24, 2.45) is 0 Å². The van der Waals surface area contributed by atoms with Crippen molar-refractivity contribution in [3.63, 3.8) is 0 Å². The first-order chi connectivity index (χ1) is 11.6. The van der Waals surface area contributed by atoms with Gasteiger partial charge in [0.25, 0.3) is 0 Å². The van der Waals surface area contributed by atoms with Gasteiger partial charge in [-0.1, -0.05) is 20.3 Å². The zero-order valence-corrected chi connectivity index (χ0v) is 16.5. The van der Waals surface area contributed by atoms with E-state index in [0.717, 1.165) is 12.8 Å². The zero-order valence-electron chi connectivity index (χ0n) is 15.7. The smallest absolute Gasteiger partial charge is 0.243 e. The van der Waals surface area contributed by atoms with Crippen LogP contribution in [0, 0.1) is 0 Å². The first-order valence-corrected chi connectivity index (χ1v) is 10.2. The minimum atomic E-state index is -3.59. The highest BCUT2D eigenvalue weighted by atomic mass is 32.2. The van der Waals surface area contributed by atoms with E-state index in [0.29, 0.717) is 31.1 Å². The van der Waals surface area contributed by atoms with Crippen LogP contribution in [0.2, 0.25) is 0 Å². The van der Waals surface area contributed by atoms with Crippen molar-refractivity contribution in [3.05, 3.63) is 18.2 Å². The van der Waals surface area contributed by atoms with E-state index in [9.17, 15) is 13.2 Å². The van der Waals surface area contributed by atoms with Gasteiger partial charge in [-0.15, -0.1) is 0 Å². The number of hydrogen-bond donors (Lipinski definition) is 0. The Morgan fingerprint density at radius 1 is 1.32 bits per heavy atom. The Kier molecular flexibility index (Phi) is 5.79. The second-order valence-electron chi connectivity index (χ2n) is 6.95. The predicted octanol–water partition coefficient (Wildman–Crippen LogP) is 3.02. The van der Waals surface area contributed by atoms with Crippen LogP contribution in [0.15, 0.2) is 23.1 Å². The Balaban J connectivity index is 2.46. The molecule has 0 radical (unpaired) electrons. The number of anilines is 1. The lowest BCUT2D eigenvalue weighted by molar-refractivity contribution is -0.117. The zero-order chi connectivity index (χ0) is 18.8. The fourth-order valence-electron chi connectivity index (χ4n) is 2.96. The summed E-state index contributed by atoms with van der Waals surface area (Å²) in [4.78, 5) is 13.8. The van der Waals surface area contributed by atoms with Gasteiger partial charge in [-0.3, -0.25) is 4.79 Å². The van der Waals surface area contributed by atoms with Gasteiger partial charge in [0.15, 0.2) is 0 Å². The van der Waals surface area contributed by atoms with E-state index in [1.165, 1.54) is 11.2 Å². The molecule has 0 atom stereocenters. The standard InChI is InChI=1S/C18H28N2O4S/c1-6-8-11-19(7-2)25(22,23)15-9-10-17-16(12-15)20(14(3)21)13-18(4,5)24-17/h9-10,12H,6-8,11,13H2,1-5H3. The van der Waals surface area contributed by atoms with E-state index in [4.69, 9.17) is 4.74 Å². The second-order valence-corrected chi connectivity index (χ2v) is 8.88. The number of sulfonamides is 1. The van der Waals surface area contributed by atoms with Crippen molar-refractivity contribution in [2.75, 3.05) is 24.5 Å². The summed E-state index contributed by atoms with van der Waals surface area (Å²) in [7, 11) is -3.59. The fraction of sp³-hybridized carbons (Fsp3) is 0.611. The molecule has 1 aromatic carbocycles. The SMILES string of the molecule is CCCCN(CC)S(=O)(=O)c1ccc2c(c1)N(C(C)=O)CC(C)(C)O2. The molecular formula is C18H28N2O4S. The summed E-state index contributed by atoms with van der Waals surface area (Å²) in [5, 5.41) is 0. The maximum atomic E-state index is 12.9. The number of ether oxygens (including phenoxy) is 1. The monoisotopic (exact) mass is 368 g/mol. The van der Waals surface area contributed by atoms with Gasteiger partial charge in [0.05, 0.1) is 17.1 Å². The number of nitrogens with zero attached hydrogens (tertiary/aromatic N) is 2. The molecule has 1 aliphatic rings. The molecule has 0 saturated carbocycles. The Morgan fingerprint density at radius 3 is 2.56 bits per heavy atom. The number of unbranched alkanes of at least 4 members (excludes halogenated alkanes) is 1. The fourth-order valence-corrected chi connectivity index (χ4v) is 4.47. The Labute approximate surface area is 150 Å². The van der Waals surface area contributed by atoms with Crippen LogP contribution in [0.4, 0.5) is 5.69 Å². The van der Waals surface area contributed by atoms with Gasteiger partial charge in [-0.25, -0.2) is 8.42 Å². The van der Waals surface area contributed by atoms with Crippen molar-refractivity contribution < 1.29 is 17.9 Å². The minimum absolute atomic E-state index is 0.134. The van der Waals surface area contributed by atoms with Gasteiger partial charge in [0.2, 0.25) is 15.9 Å². The topological polar surface area (TPSA) is 66.9 Å². The van der Waals surface area contributed by atoms with Crippen LogP contribution in [0.1, 0.15) is 47.5 Å². The molecule has 0 aromatic heterocycles. The van der Waals surface area contributed by atoms with Gasteiger partial charge in [-0.2, -0.15) is 4.31 Å². The summed E-state index contributed by atoms with van der Waals surface area (Å²) in [6, 6.07) is 4.76. The molecule has 1 aromatic rings. The normalized spacial score (nSPS) is 16.5. The number of carbonyl (C=O) groups is 1. The summed E-state index contributed by atoms with van der Waals surface area (Å²) in [5.74, 6) is 0.396. The van der Waals surface area contributed by atoms with Crippen LogP contribution in [0.25, 0.3) is 0 Å². The van der Waals surface area contributed by atoms with Gasteiger partial charge in [0, 0.05) is 20.0 Å². The van der Waals surface area contributed by atoms with Crippen LogP contribution < -0.4 is 9.64 Å². The molecular weight excluding hydrogens is 340 g/mol. The molecule has 0 N–H and O–H groups in total.